The Kier molecular flexibility index (Phi) is 6.34. The molecule has 0 atom stereocenters. The molecule has 3 rings (SSSR count). The van der Waals surface area contributed by atoms with Crippen LogP contribution in [0.4, 0.5) is 5.69 Å². The van der Waals surface area contributed by atoms with Crippen molar-refractivity contribution in [2.75, 3.05) is 18.4 Å². The molecule has 7 nitrogen and oxygen atoms in total. The molecule has 0 aliphatic carbocycles. The maximum absolute atomic E-state index is 13.0. The molecule has 0 aromatic heterocycles. The molecule has 154 valence electrons. The van der Waals surface area contributed by atoms with E-state index in [4.69, 9.17) is 5.73 Å². The lowest BCUT2D eigenvalue weighted by molar-refractivity contribution is 0.0996. The molecule has 0 saturated carbocycles. The van der Waals surface area contributed by atoms with Crippen LogP contribution < -0.4 is 11.1 Å². The Labute approximate surface area is 171 Å². The summed E-state index contributed by atoms with van der Waals surface area (Å²) in [4.78, 5) is 24.2. The molecule has 2 aromatic carbocycles. The zero-order valence-electron chi connectivity index (χ0n) is 16.3. The van der Waals surface area contributed by atoms with Gasteiger partial charge in [-0.2, -0.15) is 4.31 Å². The van der Waals surface area contributed by atoms with Crippen LogP contribution in [0.2, 0.25) is 0 Å². The Morgan fingerprint density at radius 3 is 2.34 bits per heavy atom. The molecule has 0 unspecified atom stereocenters. The number of anilines is 1. The molecule has 1 fully saturated rings. The highest BCUT2D eigenvalue weighted by Crippen LogP contribution is 2.23. The quantitative estimate of drug-likeness (QED) is 0.782. The summed E-state index contributed by atoms with van der Waals surface area (Å²) in [6, 6.07) is 10.9. The third kappa shape index (κ3) is 4.83. The topological polar surface area (TPSA) is 110 Å². The normalized spacial score (nSPS) is 15.5. The lowest BCUT2D eigenvalue weighted by Gasteiger charge is -2.20. The summed E-state index contributed by atoms with van der Waals surface area (Å²) < 4.78 is 27.6. The van der Waals surface area contributed by atoms with Gasteiger partial charge >= 0.3 is 0 Å². The first kappa shape index (κ1) is 21.0. The van der Waals surface area contributed by atoms with Crippen molar-refractivity contribution in [3.05, 3.63) is 59.2 Å². The van der Waals surface area contributed by atoms with Gasteiger partial charge in [0.15, 0.2) is 0 Å². The second kappa shape index (κ2) is 8.75. The molecular formula is C21H25N3O4S. The minimum atomic E-state index is -3.66. The summed E-state index contributed by atoms with van der Waals surface area (Å²) in [6.45, 7) is 2.74. The highest BCUT2D eigenvalue weighted by atomic mass is 32.2. The molecule has 0 spiro atoms. The van der Waals surface area contributed by atoms with Gasteiger partial charge < -0.3 is 11.1 Å². The van der Waals surface area contributed by atoms with E-state index in [1.807, 2.05) is 0 Å². The van der Waals surface area contributed by atoms with Crippen molar-refractivity contribution in [2.45, 2.75) is 37.5 Å². The molecule has 2 aromatic rings. The molecule has 1 aliphatic heterocycles. The predicted octanol–water partition coefficient (Wildman–Crippen LogP) is 2.91. The monoisotopic (exact) mass is 415 g/mol. The van der Waals surface area contributed by atoms with E-state index in [2.05, 4.69) is 5.32 Å². The van der Waals surface area contributed by atoms with E-state index in [1.54, 1.807) is 37.3 Å². The Morgan fingerprint density at radius 2 is 1.69 bits per heavy atom. The highest BCUT2D eigenvalue weighted by Gasteiger charge is 2.26. The third-order valence-corrected chi connectivity index (χ3v) is 6.96. The predicted molar refractivity (Wildman–Crippen MR) is 111 cm³/mol. The third-order valence-electron chi connectivity index (χ3n) is 5.06. The number of hydrogen-bond donors (Lipinski definition) is 2. The molecule has 0 bridgehead atoms. The second-order valence-electron chi connectivity index (χ2n) is 7.19. The second-order valence-corrected chi connectivity index (χ2v) is 9.13. The van der Waals surface area contributed by atoms with Gasteiger partial charge in [0, 0.05) is 29.9 Å². The Bertz CT molecular complexity index is 1030. The molecule has 2 amide bonds. The number of aryl methyl sites for hydroxylation is 1. The van der Waals surface area contributed by atoms with Gasteiger partial charge in [-0.1, -0.05) is 25.0 Å². The fraction of sp³-hybridized carbons (Fsp3) is 0.333. The smallest absolute Gasteiger partial charge is 0.255 e. The highest BCUT2D eigenvalue weighted by molar-refractivity contribution is 7.89. The molecule has 3 N–H and O–H groups in total. The molecular weight excluding hydrogens is 390 g/mol. The number of hydrogen-bond acceptors (Lipinski definition) is 4. The van der Waals surface area contributed by atoms with E-state index in [9.17, 15) is 18.0 Å². The average Bonchev–Trinajstić information content (AvgIpc) is 2.98. The lowest BCUT2D eigenvalue weighted by Crippen LogP contribution is -2.32. The van der Waals surface area contributed by atoms with Gasteiger partial charge in [-0.25, -0.2) is 8.42 Å². The maximum Gasteiger partial charge on any atom is 0.255 e. The first-order valence-electron chi connectivity index (χ1n) is 9.61. The number of rotatable bonds is 5. The number of benzene rings is 2. The van der Waals surface area contributed by atoms with Crippen LogP contribution in [0, 0.1) is 6.92 Å². The molecule has 1 saturated heterocycles. The van der Waals surface area contributed by atoms with Crippen molar-refractivity contribution < 1.29 is 18.0 Å². The van der Waals surface area contributed by atoms with Crippen molar-refractivity contribution in [1.29, 1.82) is 0 Å². The van der Waals surface area contributed by atoms with Crippen LogP contribution in [-0.2, 0) is 10.0 Å². The fourth-order valence-electron chi connectivity index (χ4n) is 3.39. The summed E-state index contributed by atoms with van der Waals surface area (Å²) in [6.07, 6.45) is 3.74. The van der Waals surface area contributed by atoms with Crippen LogP contribution in [0.1, 0.15) is 52.0 Å². The minimum absolute atomic E-state index is 0.112. The Balaban J connectivity index is 1.87. The zero-order valence-corrected chi connectivity index (χ0v) is 17.2. The van der Waals surface area contributed by atoms with Crippen LogP contribution in [0.25, 0.3) is 0 Å². The van der Waals surface area contributed by atoms with E-state index in [0.717, 1.165) is 25.7 Å². The molecule has 1 heterocycles. The number of nitrogens with zero attached hydrogens (tertiary/aromatic N) is 1. The van der Waals surface area contributed by atoms with Crippen molar-refractivity contribution >= 4 is 27.5 Å². The minimum Gasteiger partial charge on any atom is -0.366 e. The van der Waals surface area contributed by atoms with E-state index in [-0.39, 0.29) is 16.0 Å². The lowest BCUT2D eigenvalue weighted by atomic mass is 10.1. The van der Waals surface area contributed by atoms with Gasteiger partial charge in [-0.3, -0.25) is 9.59 Å². The van der Waals surface area contributed by atoms with Crippen molar-refractivity contribution in [1.82, 2.24) is 4.31 Å². The number of carbonyl (C=O) groups is 2. The summed E-state index contributed by atoms with van der Waals surface area (Å²) >= 11 is 0. The number of carbonyl (C=O) groups excluding carboxylic acids is 2. The maximum atomic E-state index is 13.0. The summed E-state index contributed by atoms with van der Waals surface area (Å²) in [5, 5.41) is 2.71. The number of amides is 2. The van der Waals surface area contributed by atoms with Gasteiger partial charge in [-0.05, 0) is 55.7 Å². The fourth-order valence-corrected chi connectivity index (χ4v) is 4.93. The first-order valence-corrected chi connectivity index (χ1v) is 11.0. The number of sulfonamides is 1. The SMILES string of the molecule is Cc1ccc(S(=O)(=O)N2CCCCCC2)cc1C(=O)Nc1cccc(C(N)=O)c1. The van der Waals surface area contributed by atoms with Crippen LogP contribution in [0.3, 0.4) is 0 Å². The van der Waals surface area contributed by atoms with E-state index < -0.39 is 21.8 Å². The Hall–Kier alpha value is -2.71. The van der Waals surface area contributed by atoms with E-state index in [1.165, 1.54) is 16.4 Å². The number of primary amides is 1. The average molecular weight is 416 g/mol. The largest absolute Gasteiger partial charge is 0.366 e. The van der Waals surface area contributed by atoms with Gasteiger partial charge in [0.05, 0.1) is 4.90 Å². The van der Waals surface area contributed by atoms with Crippen LogP contribution in [-0.4, -0.2) is 37.6 Å². The van der Waals surface area contributed by atoms with Crippen LogP contribution in [0.5, 0.6) is 0 Å². The van der Waals surface area contributed by atoms with Gasteiger partial charge in [0.2, 0.25) is 15.9 Å². The zero-order chi connectivity index (χ0) is 21.0. The molecule has 0 radical (unpaired) electrons. The Morgan fingerprint density at radius 1 is 1.00 bits per heavy atom. The standard InChI is InChI=1S/C21H25N3O4S/c1-15-9-10-18(29(27,28)24-11-4-2-3-5-12-24)14-19(15)21(26)23-17-8-6-7-16(13-17)20(22)25/h6-10,13-14H,2-5,11-12H2,1H3,(H2,22,25)(H,23,26). The number of nitrogens with one attached hydrogen (secondary N) is 1. The number of nitrogens with two attached hydrogens (primary N) is 1. The summed E-state index contributed by atoms with van der Waals surface area (Å²) in [5.41, 5.74) is 6.88. The van der Waals surface area contributed by atoms with Crippen LogP contribution >= 0.6 is 0 Å². The summed E-state index contributed by atoms with van der Waals surface area (Å²) in [5.74, 6) is -1.04. The van der Waals surface area contributed by atoms with Crippen molar-refractivity contribution in [3.8, 4) is 0 Å². The first-order chi connectivity index (χ1) is 13.8. The molecule has 29 heavy (non-hydrogen) atoms. The van der Waals surface area contributed by atoms with Crippen molar-refractivity contribution in [3.63, 3.8) is 0 Å². The van der Waals surface area contributed by atoms with E-state index in [0.29, 0.717) is 24.3 Å². The van der Waals surface area contributed by atoms with Gasteiger partial charge in [-0.15, -0.1) is 0 Å². The molecule has 1 aliphatic rings. The van der Waals surface area contributed by atoms with Crippen LogP contribution in [0.15, 0.2) is 47.4 Å². The summed E-state index contributed by atoms with van der Waals surface area (Å²) in [7, 11) is -3.66. The van der Waals surface area contributed by atoms with E-state index >= 15 is 0 Å². The molecule has 8 heteroatoms. The van der Waals surface area contributed by atoms with Crippen molar-refractivity contribution in [2.24, 2.45) is 5.73 Å². The van der Waals surface area contributed by atoms with Gasteiger partial charge in [0.25, 0.3) is 5.91 Å². The van der Waals surface area contributed by atoms with Gasteiger partial charge in [0.1, 0.15) is 0 Å².